The number of hydrogen-bond donors (Lipinski definition) is 0. The fourth-order valence-electron chi connectivity index (χ4n) is 1.68. The lowest BCUT2D eigenvalue weighted by Crippen LogP contribution is -2.30. The molecule has 0 aromatic rings. The van der Waals surface area contributed by atoms with Gasteiger partial charge in [-0.3, -0.25) is 0 Å². The van der Waals surface area contributed by atoms with E-state index in [2.05, 4.69) is 13.8 Å². The van der Waals surface area contributed by atoms with Crippen LogP contribution in [0.3, 0.4) is 0 Å². The third-order valence-corrected chi connectivity index (χ3v) is 3.59. The normalized spacial score (nSPS) is 34.1. The maximum absolute atomic E-state index is 5.96. The fourth-order valence-corrected chi connectivity index (χ4v) is 2.16. The smallest absolute Gasteiger partial charge is 0.0537 e. The Hall–Kier alpha value is 0.250. The quantitative estimate of drug-likeness (QED) is 0.601. The molecule has 1 aliphatic heterocycles. The van der Waals surface area contributed by atoms with Crippen molar-refractivity contribution in [3.63, 3.8) is 0 Å². The summed E-state index contributed by atoms with van der Waals surface area (Å²) in [5.74, 6) is 1.45. The lowest BCUT2D eigenvalue weighted by Gasteiger charge is -2.31. The number of hydrogen-bond acceptors (Lipinski definition) is 1. The highest BCUT2D eigenvalue weighted by Gasteiger charge is 2.38. The largest absolute Gasteiger partial charge is 0.381 e. The van der Waals surface area contributed by atoms with Crippen LogP contribution in [0.2, 0.25) is 0 Å². The topological polar surface area (TPSA) is 9.23 Å². The maximum atomic E-state index is 5.96. The van der Waals surface area contributed by atoms with E-state index in [0.29, 0.717) is 5.92 Å². The lowest BCUT2D eigenvalue weighted by molar-refractivity contribution is 0.127. The van der Waals surface area contributed by atoms with Crippen LogP contribution in [0.5, 0.6) is 0 Å². The second-order valence-corrected chi connectivity index (χ2v) is 3.88. The Labute approximate surface area is 74.1 Å². The van der Waals surface area contributed by atoms with Gasteiger partial charge in [0.25, 0.3) is 0 Å². The second kappa shape index (κ2) is 3.77. The minimum Gasteiger partial charge on any atom is -0.381 e. The van der Waals surface area contributed by atoms with Gasteiger partial charge >= 0.3 is 0 Å². The molecule has 1 nitrogen and oxygen atoms in total. The average molecular weight is 177 g/mol. The van der Waals surface area contributed by atoms with E-state index in [1.54, 1.807) is 0 Å². The van der Waals surface area contributed by atoms with Gasteiger partial charge in [-0.25, -0.2) is 0 Å². The zero-order valence-corrected chi connectivity index (χ0v) is 8.16. The molecule has 0 aromatic carbocycles. The molecule has 0 amide bonds. The molecule has 0 bridgehead atoms. The van der Waals surface area contributed by atoms with Crippen LogP contribution in [0.15, 0.2) is 0 Å². The predicted octanol–water partition coefficient (Wildman–Crippen LogP) is 2.68. The van der Waals surface area contributed by atoms with Crippen LogP contribution < -0.4 is 0 Å². The predicted molar refractivity (Wildman–Crippen MR) is 48.0 cm³/mol. The molecule has 0 saturated carbocycles. The van der Waals surface area contributed by atoms with Crippen molar-refractivity contribution >= 4 is 11.6 Å². The van der Waals surface area contributed by atoms with Crippen molar-refractivity contribution in [2.75, 3.05) is 19.1 Å². The van der Waals surface area contributed by atoms with Crippen LogP contribution in [-0.4, -0.2) is 19.1 Å². The highest BCUT2D eigenvalue weighted by atomic mass is 35.5. The fraction of sp³-hybridized carbons (Fsp3) is 1.00. The van der Waals surface area contributed by atoms with Gasteiger partial charge in [-0.2, -0.15) is 0 Å². The van der Waals surface area contributed by atoms with E-state index in [9.17, 15) is 0 Å². The minimum absolute atomic E-state index is 0.288. The molecule has 0 radical (unpaired) electrons. The zero-order chi connectivity index (χ0) is 8.32. The molecule has 1 rings (SSSR count). The standard InChI is InChI=1S/C9H17ClO/c1-3-8(2)9(6-10)4-5-11-7-9/h8H,3-7H2,1-2H3. The Morgan fingerprint density at radius 3 is 2.73 bits per heavy atom. The molecule has 66 valence electrons. The molecule has 2 atom stereocenters. The first-order valence-electron chi connectivity index (χ1n) is 4.39. The van der Waals surface area contributed by atoms with Crippen molar-refractivity contribution in [2.24, 2.45) is 11.3 Å². The molecule has 0 spiro atoms. The molecular formula is C9H17ClO. The van der Waals surface area contributed by atoms with Crippen molar-refractivity contribution < 1.29 is 4.74 Å². The Balaban J connectivity index is 2.58. The summed E-state index contributed by atoms with van der Waals surface area (Å²) in [5, 5.41) is 0. The summed E-state index contributed by atoms with van der Waals surface area (Å²) < 4.78 is 5.39. The SMILES string of the molecule is CCC(C)C1(CCl)CCOC1. The average Bonchev–Trinajstić information content (AvgIpc) is 2.52. The van der Waals surface area contributed by atoms with Gasteiger partial charge in [0.15, 0.2) is 0 Å². The van der Waals surface area contributed by atoms with E-state index in [4.69, 9.17) is 16.3 Å². The van der Waals surface area contributed by atoms with Crippen LogP contribution in [0.25, 0.3) is 0 Å². The van der Waals surface area contributed by atoms with Crippen molar-refractivity contribution in [3.8, 4) is 0 Å². The number of alkyl halides is 1. The molecule has 11 heavy (non-hydrogen) atoms. The first-order chi connectivity index (χ1) is 5.25. The van der Waals surface area contributed by atoms with Crippen molar-refractivity contribution in [1.29, 1.82) is 0 Å². The van der Waals surface area contributed by atoms with Gasteiger partial charge in [0.1, 0.15) is 0 Å². The summed E-state index contributed by atoms with van der Waals surface area (Å²) in [7, 11) is 0. The van der Waals surface area contributed by atoms with Crippen LogP contribution in [0.4, 0.5) is 0 Å². The third-order valence-electron chi connectivity index (χ3n) is 3.06. The maximum Gasteiger partial charge on any atom is 0.0537 e. The van der Waals surface area contributed by atoms with Crippen LogP contribution in [0, 0.1) is 11.3 Å². The van der Waals surface area contributed by atoms with Gasteiger partial charge in [-0.05, 0) is 12.3 Å². The van der Waals surface area contributed by atoms with Gasteiger partial charge in [0.2, 0.25) is 0 Å². The minimum atomic E-state index is 0.288. The highest BCUT2D eigenvalue weighted by Crippen LogP contribution is 2.39. The molecule has 0 aliphatic carbocycles. The molecule has 0 N–H and O–H groups in total. The van der Waals surface area contributed by atoms with Crippen molar-refractivity contribution in [1.82, 2.24) is 0 Å². The summed E-state index contributed by atoms with van der Waals surface area (Å²) in [6.07, 6.45) is 2.35. The molecule has 1 aliphatic rings. The third kappa shape index (κ3) is 1.70. The molecule has 0 aromatic heterocycles. The summed E-state index contributed by atoms with van der Waals surface area (Å²) >= 11 is 5.96. The van der Waals surface area contributed by atoms with Crippen LogP contribution >= 0.6 is 11.6 Å². The zero-order valence-electron chi connectivity index (χ0n) is 7.40. The first kappa shape index (κ1) is 9.34. The molecular weight excluding hydrogens is 160 g/mol. The highest BCUT2D eigenvalue weighted by molar-refractivity contribution is 6.18. The summed E-state index contributed by atoms with van der Waals surface area (Å²) in [6, 6.07) is 0. The monoisotopic (exact) mass is 176 g/mol. The van der Waals surface area contributed by atoms with Gasteiger partial charge < -0.3 is 4.74 Å². The van der Waals surface area contributed by atoms with Gasteiger partial charge in [-0.1, -0.05) is 20.3 Å². The lowest BCUT2D eigenvalue weighted by atomic mass is 9.76. The first-order valence-corrected chi connectivity index (χ1v) is 4.92. The Morgan fingerprint density at radius 1 is 1.64 bits per heavy atom. The van der Waals surface area contributed by atoms with E-state index in [1.165, 1.54) is 6.42 Å². The molecule has 2 unspecified atom stereocenters. The number of ether oxygens (including phenoxy) is 1. The van der Waals surface area contributed by atoms with E-state index in [-0.39, 0.29) is 5.41 Å². The summed E-state index contributed by atoms with van der Waals surface area (Å²) in [5.41, 5.74) is 0.288. The van der Waals surface area contributed by atoms with Gasteiger partial charge in [0.05, 0.1) is 6.61 Å². The van der Waals surface area contributed by atoms with E-state index in [0.717, 1.165) is 25.5 Å². The number of rotatable bonds is 3. The van der Waals surface area contributed by atoms with Gasteiger partial charge in [-0.15, -0.1) is 11.6 Å². The Kier molecular flexibility index (Phi) is 3.20. The summed E-state index contributed by atoms with van der Waals surface area (Å²) in [4.78, 5) is 0. The van der Waals surface area contributed by atoms with Crippen molar-refractivity contribution in [3.05, 3.63) is 0 Å². The summed E-state index contributed by atoms with van der Waals surface area (Å²) in [6.45, 7) is 6.26. The number of halogens is 1. The Bertz CT molecular complexity index is 119. The molecule has 1 heterocycles. The van der Waals surface area contributed by atoms with E-state index in [1.807, 2.05) is 0 Å². The van der Waals surface area contributed by atoms with Crippen LogP contribution in [0.1, 0.15) is 26.7 Å². The Morgan fingerprint density at radius 2 is 2.36 bits per heavy atom. The van der Waals surface area contributed by atoms with E-state index < -0.39 is 0 Å². The van der Waals surface area contributed by atoms with E-state index >= 15 is 0 Å². The van der Waals surface area contributed by atoms with Crippen molar-refractivity contribution in [2.45, 2.75) is 26.7 Å². The molecule has 1 saturated heterocycles. The second-order valence-electron chi connectivity index (χ2n) is 3.61. The van der Waals surface area contributed by atoms with Crippen LogP contribution in [-0.2, 0) is 4.74 Å². The van der Waals surface area contributed by atoms with Gasteiger partial charge in [0, 0.05) is 17.9 Å². The molecule has 1 fully saturated rings. The molecule has 2 heteroatoms.